The average molecular weight is 275 g/mol. The molecule has 0 atom stereocenters. The van der Waals surface area contributed by atoms with Crippen LogP contribution >= 0.6 is 11.3 Å². The third-order valence-corrected chi connectivity index (χ3v) is 3.08. The molecule has 19 heavy (non-hydrogen) atoms. The molecule has 0 aliphatic rings. The summed E-state index contributed by atoms with van der Waals surface area (Å²) < 4.78 is 0. The maximum atomic E-state index is 12.0. The predicted molar refractivity (Wildman–Crippen MR) is 68.1 cm³/mol. The number of carbonyl (C=O) groups excluding carboxylic acids is 1. The second-order valence-electron chi connectivity index (χ2n) is 3.35. The number of carboxylic acids is 1. The average Bonchev–Trinajstić information content (AvgIpc) is 2.84. The minimum atomic E-state index is -1.07. The molecule has 0 aromatic carbocycles. The van der Waals surface area contributed by atoms with Gasteiger partial charge < -0.3 is 10.0 Å². The van der Waals surface area contributed by atoms with E-state index in [2.05, 4.69) is 0 Å². The third kappa shape index (κ3) is 4.26. The molecule has 7 heteroatoms. The number of thiophene rings is 1. The van der Waals surface area contributed by atoms with E-state index < -0.39 is 11.9 Å². The summed E-state index contributed by atoms with van der Waals surface area (Å²) >= 11 is 1.10. The summed E-state index contributed by atoms with van der Waals surface area (Å²) in [5, 5.41) is 25.7. The van der Waals surface area contributed by atoms with Crippen LogP contribution in [0.25, 0.3) is 6.08 Å². The summed E-state index contributed by atoms with van der Waals surface area (Å²) in [5.74, 6) is -1.49. The first-order chi connectivity index (χ1) is 9.08. The van der Waals surface area contributed by atoms with E-state index in [9.17, 15) is 9.59 Å². The summed E-state index contributed by atoms with van der Waals surface area (Å²) in [6.45, 7) is -0.324. The van der Waals surface area contributed by atoms with Crippen LogP contribution in [0.2, 0.25) is 0 Å². The first-order valence-corrected chi connectivity index (χ1v) is 5.94. The highest BCUT2D eigenvalue weighted by molar-refractivity contribution is 7.14. The lowest BCUT2D eigenvalue weighted by Crippen LogP contribution is -2.31. The smallest absolute Gasteiger partial charge is 0.328 e. The molecule has 0 aliphatic heterocycles. The van der Waals surface area contributed by atoms with Crippen LogP contribution in [0.3, 0.4) is 0 Å². The first kappa shape index (κ1) is 14.4. The van der Waals surface area contributed by atoms with Crippen LogP contribution in [0.1, 0.15) is 14.5 Å². The summed E-state index contributed by atoms with van der Waals surface area (Å²) in [5.41, 5.74) is 0. The van der Waals surface area contributed by atoms with Gasteiger partial charge in [-0.2, -0.15) is 10.5 Å². The van der Waals surface area contributed by atoms with Crippen molar-refractivity contribution < 1.29 is 14.7 Å². The Morgan fingerprint density at radius 3 is 2.47 bits per heavy atom. The van der Waals surface area contributed by atoms with Gasteiger partial charge in [0, 0.05) is 11.0 Å². The Bertz CT molecular complexity index is 576. The number of rotatable bonds is 5. The second-order valence-corrected chi connectivity index (χ2v) is 4.47. The molecule has 0 bridgehead atoms. The number of hydrogen-bond donors (Lipinski definition) is 1. The number of aliphatic carboxylic acids is 1. The largest absolute Gasteiger partial charge is 0.478 e. The van der Waals surface area contributed by atoms with Gasteiger partial charge >= 0.3 is 5.97 Å². The van der Waals surface area contributed by atoms with E-state index in [1.165, 1.54) is 12.1 Å². The Kier molecular flexibility index (Phi) is 5.27. The Morgan fingerprint density at radius 2 is 1.95 bits per heavy atom. The maximum absolute atomic E-state index is 12.0. The molecule has 1 aromatic rings. The quantitative estimate of drug-likeness (QED) is 0.644. The normalized spacial score (nSPS) is 9.79. The molecule has 0 saturated carbocycles. The number of hydrogen-bond acceptors (Lipinski definition) is 5. The minimum absolute atomic E-state index is 0.162. The summed E-state index contributed by atoms with van der Waals surface area (Å²) in [6, 6.07) is 6.78. The van der Waals surface area contributed by atoms with Gasteiger partial charge in [-0.3, -0.25) is 4.79 Å². The molecule has 0 fully saturated rings. The number of nitrogens with zero attached hydrogens (tertiary/aromatic N) is 3. The number of carbonyl (C=O) groups is 2. The van der Waals surface area contributed by atoms with Crippen LogP contribution < -0.4 is 0 Å². The van der Waals surface area contributed by atoms with Crippen molar-refractivity contribution in [3.8, 4) is 12.1 Å². The molecule has 0 saturated heterocycles. The Morgan fingerprint density at radius 1 is 1.32 bits per heavy atom. The molecular formula is C12H9N3O3S. The molecule has 0 aliphatic carbocycles. The van der Waals surface area contributed by atoms with Crippen LogP contribution in [0.4, 0.5) is 0 Å². The molecule has 1 amide bonds. The molecule has 96 valence electrons. The molecule has 0 spiro atoms. The standard InChI is InChI=1S/C12H9N3O3S/c13-5-7-15(8-6-14)12(18)10-3-1-9(19-10)2-4-11(16)17/h1-4H,7-8H2,(H,16,17)/b4-2+. The van der Waals surface area contributed by atoms with Gasteiger partial charge in [0.05, 0.1) is 17.0 Å². The van der Waals surface area contributed by atoms with Crippen LogP contribution in [-0.4, -0.2) is 35.0 Å². The van der Waals surface area contributed by atoms with E-state index in [0.717, 1.165) is 22.3 Å². The van der Waals surface area contributed by atoms with Crippen molar-refractivity contribution >= 4 is 29.3 Å². The molecule has 1 rings (SSSR count). The van der Waals surface area contributed by atoms with Crippen molar-refractivity contribution in [2.24, 2.45) is 0 Å². The lowest BCUT2D eigenvalue weighted by atomic mass is 10.3. The lowest BCUT2D eigenvalue weighted by molar-refractivity contribution is -0.131. The van der Waals surface area contributed by atoms with E-state index >= 15 is 0 Å². The highest BCUT2D eigenvalue weighted by atomic mass is 32.1. The first-order valence-electron chi connectivity index (χ1n) is 5.12. The van der Waals surface area contributed by atoms with Crippen molar-refractivity contribution in [2.45, 2.75) is 0 Å². The van der Waals surface area contributed by atoms with Crippen LogP contribution in [-0.2, 0) is 4.79 Å². The highest BCUT2D eigenvalue weighted by Gasteiger charge is 2.16. The van der Waals surface area contributed by atoms with Crippen molar-refractivity contribution in [3.05, 3.63) is 28.0 Å². The zero-order valence-electron chi connectivity index (χ0n) is 9.74. The fourth-order valence-electron chi connectivity index (χ4n) is 1.24. The Balaban J connectivity index is 2.86. The fraction of sp³-hybridized carbons (Fsp3) is 0.167. The molecule has 0 unspecified atom stereocenters. The van der Waals surface area contributed by atoms with E-state index in [0.29, 0.717) is 9.75 Å². The van der Waals surface area contributed by atoms with Crippen LogP contribution in [0.15, 0.2) is 18.2 Å². The highest BCUT2D eigenvalue weighted by Crippen LogP contribution is 2.19. The van der Waals surface area contributed by atoms with Crippen molar-refractivity contribution in [1.29, 1.82) is 10.5 Å². The van der Waals surface area contributed by atoms with Crippen LogP contribution in [0.5, 0.6) is 0 Å². The monoisotopic (exact) mass is 275 g/mol. The van der Waals surface area contributed by atoms with Gasteiger partial charge in [-0.15, -0.1) is 11.3 Å². The van der Waals surface area contributed by atoms with Gasteiger partial charge in [-0.05, 0) is 18.2 Å². The van der Waals surface area contributed by atoms with Gasteiger partial charge in [0.1, 0.15) is 13.1 Å². The summed E-state index contributed by atoms with van der Waals surface area (Å²) in [7, 11) is 0. The number of carboxylic acid groups (broad SMARTS) is 1. The fourth-order valence-corrected chi connectivity index (χ4v) is 2.12. The maximum Gasteiger partial charge on any atom is 0.328 e. The summed E-state index contributed by atoms with van der Waals surface area (Å²) in [6.07, 6.45) is 2.35. The number of amides is 1. The minimum Gasteiger partial charge on any atom is -0.478 e. The number of nitriles is 2. The van der Waals surface area contributed by atoms with E-state index in [1.807, 2.05) is 12.1 Å². The van der Waals surface area contributed by atoms with E-state index in [-0.39, 0.29) is 13.1 Å². The van der Waals surface area contributed by atoms with Gasteiger partial charge in [0.15, 0.2) is 0 Å². The topological polar surface area (TPSA) is 105 Å². The lowest BCUT2D eigenvalue weighted by Gasteiger charge is -2.13. The van der Waals surface area contributed by atoms with Gasteiger partial charge in [0.25, 0.3) is 5.91 Å². The molecule has 0 radical (unpaired) electrons. The van der Waals surface area contributed by atoms with Crippen LogP contribution in [0, 0.1) is 22.7 Å². The Hall–Kier alpha value is -2.64. The van der Waals surface area contributed by atoms with Gasteiger partial charge in [-0.1, -0.05) is 0 Å². The van der Waals surface area contributed by atoms with E-state index in [4.69, 9.17) is 15.6 Å². The van der Waals surface area contributed by atoms with Gasteiger partial charge in [0.2, 0.25) is 0 Å². The van der Waals surface area contributed by atoms with Gasteiger partial charge in [-0.25, -0.2) is 4.79 Å². The molecule has 1 heterocycles. The van der Waals surface area contributed by atoms with Crippen molar-refractivity contribution in [1.82, 2.24) is 4.90 Å². The molecule has 1 aromatic heterocycles. The van der Waals surface area contributed by atoms with Crippen molar-refractivity contribution in [2.75, 3.05) is 13.1 Å². The predicted octanol–water partition coefficient (Wildman–Crippen LogP) is 1.34. The zero-order chi connectivity index (χ0) is 14.3. The summed E-state index contributed by atoms with van der Waals surface area (Å²) in [4.78, 5) is 24.4. The zero-order valence-corrected chi connectivity index (χ0v) is 10.6. The third-order valence-electron chi connectivity index (χ3n) is 2.04. The molecule has 6 nitrogen and oxygen atoms in total. The molecular weight excluding hydrogens is 266 g/mol. The molecule has 1 N–H and O–H groups in total. The second kappa shape index (κ2) is 6.94. The van der Waals surface area contributed by atoms with E-state index in [1.54, 1.807) is 6.07 Å². The SMILES string of the molecule is N#CCN(CC#N)C(=O)c1ccc(/C=C/C(=O)O)s1. The van der Waals surface area contributed by atoms with Crippen molar-refractivity contribution in [3.63, 3.8) is 0 Å². The Labute approximate surface area is 113 Å².